The first-order valence-electron chi connectivity index (χ1n) is 5.64. The van der Waals surface area contributed by atoms with Gasteiger partial charge in [-0.1, -0.05) is 48.5 Å². The number of aromatic nitrogens is 2. The zero-order valence-corrected chi connectivity index (χ0v) is 10.5. The number of rotatable bonds is 2. The molecule has 3 heteroatoms. The van der Waals surface area contributed by atoms with Crippen LogP contribution in [0, 0.1) is 0 Å². The van der Waals surface area contributed by atoms with Gasteiger partial charge in [0.15, 0.2) is 5.69 Å². The molecule has 0 amide bonds. The van der Waals surface area contributed by atoms with Crippen LogP contribution in [0.15, 0.2) is 73.2 Å². The number of nitrogens with zero attached hydrogens (tertiary/aromatic N) is 1. The summed E-state index contributed by atoms with van der Waals surface area (Å²) in [6, 6.07) is 20.7. The Morgan fingerprint density at radius 3 is 2.06 bits per heavy atom. The van der Waals surface area contributed by atoms with Crippen LogP contribution in [0.3, 0.4) is 0 Å². The molecular weight excluding hydrogens is 244 g/mol. The van der Waals surface area contributed by atoms with E-state index in [0.29, 0.717) is 0 Å². The molecule has 1 heterocycles. The van der Waals surface area contributed by atoms with Gasteiger partial charge in [0.05, 0.1) is 0 Å². The summed E-state index contributed by atoms with van der Waals surface area (Å²) < 4.78 is 2.15. The van der Waals surface area contributed by atoms with Crippen LogP contribution in [0.1, 0.15) is 0 Å². The van der Waals surface area contributed by atoms with E-state index in [9.17, 15) is 0 Å². The lowest BCUT2D eigenvalue weighted by atomic mass is 10.1. The molecule has 2 nitrogen and oxygen atoms in total. The maximum atomic E-state index is 3.16. The second-order valence-corrected chi connectivity index (χ2v) is 3.90. The van der Waals surface area contributed by atoms with Gasteiger partial charge in [-0.2, -0.15) is 4.57 Å². The van der Waals surface area contributed by atoms with Crippen molar-refractivity contribution >= 4 is 0 Å². The summed E-state index contributed by atoms with van der Waals surface area (Å²) in [5, 5.41) is 0. The summed E-state index contributed by atoms with van der Waals surface area (Å²) in [6.07, 6.45) is 3.99. The van der Waals surface area contributed by atoms with E-state index in [1.165, 1.54) is 5.56 Å². The van der Waals surface area contributed by atoms with Gasteiger partial charge in [0.1, 0.15) is 11.9 Å². The van der Waals surface area contributed by atoms with Crippen molar-refractivity contribution in [1.29, 1.82) is 0 Å². The highest BCUT2D eigenvalue weighted by atomic mass is 35.5. The van der Waals surface area contributed by atoms with Crippen molar-refractivity contribution in [2.24, 2.45) is 0 Å². The first kappa shape index (κ1) is 12.4. The Morgan fingerprint density at radius 1 is 0.778 bits per heavy atom. The van der Waals surface area contributed by atoms with E-state index in [4.69, 9.17) is 0 Å². The van der Waals surface area contributed by atoms with Gasteiger partial charge in [-0.25, -0.2) is 4.98 Å². The lowest BCUT2D eigenvalue weighted by Gasteiger charge is -2.00. The average Bonchev–Trinajstić information content (AvgIpc) is 2.90. The maximum Gasteiger partial charge on any atom is 0.247 e. The van der Waals surface area contributed by atoms with Gasteiger partial charge in [-0.05, 0) is 12.1 Å². The van der Waals surface area contributed by atoms with Gasteiger partial charge >= 0.3 is 0 Å². The Morgan fingerprint density at radius 2 is 1.39 bits per heavy atom. The SMILES string of the molecule is [Cl-].c1ccc(-c2c[nH]c[n+]2-c2ccccc2)cc1. The maximum absolute atomic E-state index is 3.16. The molecule has 0 bridgehead atoms. The molecule has 3 rings (SSSR count). The summed E-state index contributed by atoms with van der Waals surface area (Å²) in [6.45, 7) is 0. The van der Waals surface area contributed by atoms with Crippen LogP contribution in [-0.4, -0.2) is 4.98 Å². The minimum Gasteiger partial charge on any atom is -1.00 e. The Balaban J connectivity index is 0.00000120. The highest BCUT2D eigenvalue weighted by molar-refractivity contribution is 5.55. The third-order valence-corrected chi connectivity index (χ3v) is 2.79. The Labute approximate surface area is 112 Å². The van der Waals surface area contributed by atoms with E-state index in [1.54, 1.807) is 0 Å². The van der Waals surface area contributed by atoms with Crippen molar-refractivity contribution < 1.29 is 17.0 Å². The van der Waals surface area contributed by atoms with E-state index < -0.39 is 0 Å². The predicted molar refractivity (Wildman–Crippen MR) is 67.8 cm³/mol. The third kappa shape index (κ3) is 2.29. The Kier molecular flexibility index (Phi) is 3.80. The van der Waals surface area contributed by atoms with Crippen LogP contribution < -0.4 is 17.0 Å². The molecule has 0 spiro atoms. The fourth-order valence-electron chi connectivity index (χ4n) is 1.96. The summed E-state index contributed by atoms with van der Waals surface area (Å²) in [5.74, 6) is 0. The number of aromatic amines is 1. The van der Waals surface area contributed by atoms with Crippen LogP contribution in [0.4, 0.5) is 0 Å². The second kappa shape index (κ2) is 5.52. The summed E-state index contributed by atoms with van der Waals surface area (Å²) >= 11 is 0. The van der Waals surface area contributed by atoms with Crippen molar-refractivity contribution in [3.05, 3.63) is 73.2 Å². The quantitative estimate of drug-likeness (QED) is 0.621. The molecule has 1 aromatic heterocycles. The molecule has 0 atom stereocenters. The van der Waals surface area contributed by atoms with Crippen LogP contribution in [0.5, 0.6) is 0 Å². The third-order valence-electron chi connectivity index (χ3n) is 2.79. The molecule has 2 aromatic carbocycles. The number of nitrogens with one attached hydrogen (secondary N) is 1. The Hall–Kier alpha value is -2.06. The monoisotopic (exact) mass is 256 g/mol. The van der Waals surface area contributed by atoms with Crippen molar-refractivity contribution in [1.82, 2.24) is 4.98 Å². The number of hydrogen-bond donors (Lipinski definition) is 1. The van der Waals surface area contributed by atoms with Crippen LogP contribution >= 0.6 is 0 Å². The standard InChI is InChI=1S/C15H12N2.ClH/c1-3-7-13(8-4-1)15-11-16-12-17(15)14-9-5-2-6-10-14;/h1-12H;1H. The second-order valence-electron chi connectivity index (χ2n) is 3.90. The minimum absolute atomic E-state index is 0. The zero-order valence-electron chi connectivity index (χ0n) is 9.75. The zero-order chi connectivity index (χ0) is 11.5. The molecule has 0 aliphatic carbocycles. The summed E-state index contributed by atoms with van der Waals surface area (Å²) in [5.41, 5.74) is 3.53. The molecule has 0 saturated heterocycles. The number of halogens is 1. The molecule has 0 radical (unpaired) electrons. The van der Waals surface area contributed by atoms with E-state index in [2.05, 4.69) is 45.9 Å². The molecule has 0 aliphatic heterocycles. The normalized spacial score (nSPS) is 9.78. The van der Waals surface area contributed by atoms with Crippen molar-refractivity contribution in [2.75, 3.05) is 0 Å². The van der Waals surface area contributed by atoms with Crippen LogP contribution in [0.2, 0.25) is 0 Å². The smallest absolute Gasteiger partial charge is 0.247 e. The lowest BCUT2D eigenvalue weighted by molar-refractivity contribution is -0.582. The molecule has 0 fully saturated rings. The molecule has 18 heavy (non-hydrogen) atoms. The number of imidazole rings is 1. The van der Waals surface area contributed by atoms with Crippen LogP contribution in [-0.2, 0) is 0 Å². The number of para-hydroxylation sites is 1. The highest BCUT2D eigenvalue weighted by Gasteiger charge is 2.12. The topological polar surface area (TPSA) is 19.7 Å². The van der Waals surface area contributed by atoms with E-state index >= 15 is 0 Å². The Bertz CT molecular complexity index is 549. The lowest BCUT2D eigenvalue weighted by Crippen LogP contribution is -3.00. The molecule has 0 saturated carbocycles. The van der Waals surface area contributed by atoms with Gasteiger partial charge in [0.2, 0.25) is 6.33 Å². The van der Waals surface area contributed by atoms with Gasteiger partial charge in [-0.15, -0.1) is 0 Å². The van der Waals surface area contributed by atoms with Gasteiger partial charge in [0.25, 0.3) is 0 Å². The fraction of sp³-hybridized carbons (Fsp3) is 0. The largest absolute Gasteiger partial charge is 1.00 e. The predicted octanol–water partition coefficient (Wildman–Crippen LogP) is -0.0376. The number of benzene rings is 2. The summed E-state index contributed by atoms with van der Waals surface area (Å²) in [4.78, 5) is 3.16. The minimum atomic E-state index is 0. The van der Waals surface area contributed by atoms with Crippen molar-refractivity contribution in [3.63, 3.8) is 0 Å². The highest BCUT2D eigenvalue weighted by Crippen LogP contribution is 2.15. The molecular formula is C15H13ClN2. The summed E-state index contributed by atoms with van der Waals surface area (Å²) in [7, 11) is 0. The average molecular weight is 257 g/mol. The molecule has 3 aromatic rings. The van der Waals surface area contributed by atoms with Crippen LogP contribution in [0.25, 0.3) is 16.9 Å². The first-order chi connectivity index (χ1) is 8.45. The molecule has 0 aliphatic rings. The van der Waals surface area contributed by atoms with Gasteiger partial charge < -0.3 is 12.4 Å². The van der Waals surface area contributed by atoms with Crippen molar-refractivity contribution in [2.45, 2.75) is 0 Å². The van der Waals surface area contributed by atoms with E-state index in [0.717, 1.165) is 11.4 Å². The van der Waals surface area contributed by atoms with Gasteiger partial charge in [-0.3, -0.25) is 0 Å². The molecule has 0 unspecified atom stereocenters. The number of hydrogen-bond acceptors (Lipinski definition) is 0. The fourth-order valence-corrected chi connectivity index (χ4v) is 1.96. The molecule has 90 valence electrons. The van der Waals surface area contributed by atoms with E-state index in [-0.39, 0.29) is 12.4 Å². The number of H-pyrrole nitrogens is 1. The first-order valence-corrected chi connectivity index (χ1v) is 5.64. The molecule has 1 N–H and O–H groups in total. The van der Waals surface area contributed by atoms with E-state index in [1.807, 2.05) is 36.8 Å². The van der Waals surface area contributed by atoms with Crippen molar-refractivity contribution in [3.8, 4) is 16.9 Å². The van der Waals surface area contributed by atoms with Gasteiger partial charge in [0, 0.05) is 5.56 Å².